The fourth-order valence-electron chi connectivity index (χ4n) is 2.96. The van der Waals surface area contributed by atoms with E-state index in [1.165, 1.54) is 0 Å². The lowest BCUT2D eigenvalue weighted by Crippen LogP contribution is -2.44. The molecule has 7 nitrogen and oxygen atoms in total. The monoisotopic (exact) mass is 355 g/mol. The van der Waals surface area contributed by atoms with Crippen molar-refractivity contribution in [2.24, 2.45) is 0 Å². The summed E-state index contributed by atoms with van der Waals surface area (Å²) in [5.74, 6) is 0.147. The SMILES string of the molecule is COc1cc2c(cc1OC)CN(C(=O)C(=O)NCc1ccncc1)CC2. The highest BCUT2D eigenvalue weighted by molar-refractivity contribution is 6.34. The van der Waals surface area contributed by atoms with Gasteiger partial charge in [-0.15, -0.1) is 0 Å². The number of amides is 2. The van der Waals surface area contributed by atoms with Crippen molar-refractivity contribution in [2.45, 2.75) is 19.5 Å². The first-order valence-electron chi connectivity index (χ1n) is 8.32. The molecule has 0 unspecified atom stereocenters. The van der Waals surface area contributed by atoms with E-state index in [0.717, 1.165) is 16.7 Å². The quantitative estimate of drug-likeness (QED) is 0.836. The maximum Gasteiger partial charge on any atom is 0.312 e. The Morgan fingerprint density at radius 1 is 1.12 bits per heavy atom. The number of benzene rings is 1. The molecule has 0 fully saturated rings. The van der Waals surface area contributed by atoms with Crippen LogP contribution in [0.3, 0.4) is 0 Å². The van der Waals surface area contributed by atoms with Crippen molar-refractivity contribution in [1.29, 1.82) is 0 Å². The van der Waals surface area contributed by atoms with E-state index < -0.39 is 11.8 Å². The second kappa shape index (κ2) is 7.86. The molecule has 0 atom stereocenters. The van der Waals surface area contributed by atoms with Crippen LogP contribution in [0.15, 0.2) is 36.7 Å². The van der Waals surface area contributed by atoms with Crippen LogP contribution in [-0.4, -0.2) is 42.5 Å². The third-order valence-corrected chi connectivity index (χ3v) is 4.40. The summed E-state index contributed by atoms with van der Waals surface area (Å²) in [6.45, 7) is 1.16. The highest BCUT2D eigenvalue weighted by Crippen LogP contribution is 2.33. The summed E-state index contributed by atoms with van der Waals surface area (Å²) in [6.07, 6.45) is 3.96. The van der Waals surface area contributed by atoms with Crippen molar-refractivity contribution < 1.29 is 19.1 Å². The summed E-state index contributed by atoms with van der Waals surface area (Å²) < 4.78 is 10.6. The summed E-state index contributed by atoms with van der Waals surface area (Å²) in [7, 11) is 3.17. The lowest BCUT2D eigenvalue weighted by Gasteiger charge is -2.29. The Morgan fingerprint density at radius 2 is 1.77 bits per heavy atom. The Morgan fingerprint density at radius 3 is 2.42 bits per heavy atom. The molecular formula is C19H21N3O4. The van der Waals surface area contributed by atoms with E-state index in [1.54, 1.807) is 43.6 Å². The Labute approximate surface area is 151 Å². The van der Waals surface area contributed by atoms with Gasteiger partial charge < -0.3 is 19.7 Å². The summed E-state index contributed by atoms with van der Waals surface area (Å²) in [4.78, 5) is 30.1. The normalized spacial score (nSPS) is 12.9. The van der Waals surface area contributed by atoms with Gasteiger partial charge in [0, 0.05) is 32.0 Å². The van der Waals surface area contributed by atoms with Crippen molar-refractivity contribution in [1.82, 2.24) is 15.2 Å². The van der Waals surface area contributed by atoms with Crippen molar-refractivity contribution >= 4 is 11.8 Å². The van der Waals surface area contributed by atoms with Gasteiger partial charge in [0.1, 0.15) is 0 Å². The molecule has 0 aliphatic carbocycles. The van der Waals surface area contributed by atoms with Gasteiger partial charge in [-0.3, -0.25) is 14.6 Å². The van der Waals surface area contributed by atoms with Gasteiger partial charge in [-0.25, -0.2) is 0 Å². The topological polar surface area (TPSA) is 80.8 Å². The van der Waals surface area contributed by atoms with Crippen LogP contribution in [0.1, 0.15) is 16.7 Å². The van der Waals surface area contributed by atoms with Crippen LogP contribution in [-0.2, 0) is 29.1 Å². The minimum atomic E-state index is -0.606. The molecule has 1 aromatic carbocycles. The van der Waals surface area contributed by atoms with E-state index in [4.69, 9.17) is 9.47 Å². The molecule has 2 amide bonds. The van der Waals surface area contributed by atoms with E-state index in [0.29, 0.717) is 37.6 Å². The number of pyridine rings is 1. The molecule has 1 aliphatic heterocycles. The van der Waals surface area contributed by atoms with E-state index in [2.05, 4.69) is 10.3 Å². The van der Waals surface area contributed by atoms with E-state index >= 15 is 0 Å². The van der Waals surface area contributed by atoms with Gasteiger partial charge in [0.25, 0.3) is 0 Å². The highest BCUT2D eigenvalue weighted by atomic mass is 16.5. The molecule has 3 rings (SSSR count). The maximum atomic E-state index is 12.5. The summed E-state index contributed by atoms with van der Waals surface area (Å²) >= 11 is 0. The molecule has 1 N–H and O–H groups in total. The maximum absolute atomic E-state index is 12.5. The average molecular weight is 355 g/mol. The smallest absolute Gasteiger partial charge is 0.312 e. The molecule has 1 aliphatic rings. The van der Waals surface area contributed by atoms with Crippen LogP contribution in [0, 0.1) is 0 Å². The highest BCUT2D eigenvalue weighted by Gasteiger charge is 2.26. The molecule has 0 spiro atoms. The van der Waals surface area contributed by atoms with E-state index in [-0.39, 0.29) is 0 Å². The van der Waals surface area contributed by atoms with Gasteiger partial charge in [-0.1, -0.05) is 0 Å². The van der Waals surface area contributed by atoms with Crippen LogP contribution in [0.5, 0.6) is 11.5 Å². The molecule has 1 aromatic heterocycles. The number of methoxy groups -OCH3 is 2. The lowest BCUT2D eigenvalue weighted by atomic mass is 9.98. The number of aromatic nitrogens is 1. The predicted octanol–water partition coefficient (Wildman–Crippen LogP) is 1.30. The third kappa shape index (κ3) is 3.77. The van der Waals surface area contributed by atoms with Crippen LogP contribution >= 0.6 is 0 Å². The zero-order valence-corrected chi connectivity index (χ0v) is 14.8. The zero-order valence-electron chi connectivity index (χ0n) is 14.8. The number of nitrogens with one attached hydrogen (secondary N) is 1. The Balaban J connectivity index is 1.65. The number of hydrogen-bond donors (Lipinski definition) is 1. The fourth-order valence-corrected chi connectivity index (χ4v) is 2.96. The van der Waals surface area contributed by atoms with Gasteiger partial charge in [0.05, 0.1) is 14.2 Å². The van der Waals surface area contributed by atoms with Crippen molar-refractivity contribution in [2.75, 3.05) is 20.8 Å². The number of carbonyl (C=O) groups is 2. The first-order chi connectivity index (χ1) is 12.6. The molecule has 0 radical (unpaired) electrons. The van der Waals surface area contributed by atoms with Crippen LogP contribution in [0.25, 0.3) is 0 Å². The molecule has 2 aromatic rings. The van der Waals surface area contributed by atoms with Crippen LogP contribution in [0.2, 0.25) is 0 Å². The first-order valence-corrected chi connectivity index (χ1v) is 8.32. The summed E-state index contributed by atoms with van der Waals surface area (Å²) in [6, 6.07) is 7.38. The van der Waals surface area contributed by atoms with Crippen molar-refractivity contribution in [3.63, 3.8) is 0 Å². The Bertz CT molecular complexity index is 808. The number of rotatable bonds is 4. The third-order valence-electron chi connectivity index (χ3n) is 4.40. The number of ether oxygens (including phenoxy) is 2. The Hall–Kier alpha value is -3.09. The molecule has 0 saturated heterocycles. The number of nitrogens with zero attached hydrogens (tertiary/aromatic N) is 2. The number of carbonyl (C=O) groups excluding carboxylic acids is 2. The molecule has 7 heteroatoms. The molecule has 26 heavy (non-hydrogen) atoms. The largest absolute Gasteiger partial charge is 0.493 e. The molecular weight excluding hydrogens is 334 g/mol. The standard InChI is InChI=1S/C19H21N3O4/c1-25-16-9-14-5-8-22(12-15(14)10-17(16)26-2)19(24)18(23)21-11-13-3-6-20-7-4-13/h3-4,6-7,9-10H,5,8,11-12H2,1-2H3,(H,21,23). The minimum Gasteiger partial charge on any atom is -0.493 e. The molecule has 0 bridgehead atoms. The summed E-state index contributed by atoms with van der Waals surface area (Å²) in [5.41, 5.74) is 2.95. The predicted molar refractivity (Wildman–Crippen MR) is 94.8 cm³/mol. The minimum absolute atomic E-state index is 0.294. The van der Waals surface area contributed by atoms with Crippen LogP contribution in [0.4, 0.5) is 0 Å². The number of fused-ring (bicyclic) bond motifs is 1. The number of hydrogen-bond acceptors (Lipinski definition) is 5. The lowest BCUT2D eigenvalue weighted by molar-refractivity contribution is -0.146. The first kappa shape index (κ1) is 17.7. The van der Waals surface area contributed by atoms with Gasteiger partial charge >= 0.3 is 11.8 Å². The van der Waals surface area contributed by atoms with Gasteiger partial charge in [-0.05, 0) is 47.4 Å². The van der Waals surface area contributed by atoms with E-state index in [9.17, 15) is 9.59 Å². The molecule has 2 heterocycles. The van der Waals surface area contributed by atoms with E-state index in [1.807, 2.05) is 12.1 Å². The second-order valence-corrected chi connectivity index (χ2v) is 5.99. The fraction of sp³-hybridized carbons (Fsp3) is 0.316. The van der Waals surface area contributed by atoms with Gasteiger partial charge in [0.15, 0.2) is 11.5 Å². The van der Waals surface area contributed by atoms with Gasteiger partial charge in [-0.2, -0.15) is 0 Å². The van der Waals surface area contributed by atoms with Crippen LogP contribution < -0.4 is 14.8 Å². The van der Waals surface area contributed by atoms with Gasteiger partial charge in [0.2, 0.25) is 0 Å². The molecule has 0 saturated carbocycles. The zero-order chi connectivity index (χ0) is 18.5. The molecule has 136 valence electrons. The van der Waals surface area contributed by atoms with Crippen molar-refractivity contribution in [3.05, 3.63) is 53.3 Å². The second-order valence-electron chi connectivity index (χ2n) is 5.99. The Kier molecular flexibility index (Phi) is 5.36. The van der Waals surface area contributed by atoms with Crippen molar-refractivity contribution in [3.8, 4) is 11.5 Å². The average Bonchev–Trinajstić information content (AvgIpc) is 2.70. The summed E-state index contributed by atoms with van der Waals surface area (Å²) in [5, 5.41) is 2.66.